The molecule has 0 unspecified atom stereocenters. The number of cyclic esters (lactones) is 1. The zero-order valence-corrected chi connectivity index (χ0v) is 15.2. The fourth-order valence-corrected chi connectivity index (χ4v) is 5.34. The minimum absolute atomic E-state index is 0.0744. The average Bonchev–Trinajstić information content (AvgIpc) is 3.25. The summed E-state index contributed by atoms with van der Waals surface area (Å²) >= 11 is 0. The van der Waals surface area contributed by atoms with Gasteiger partial charge >= 0.3 is 12.3 Å². The van der Waals surface area contributed by atoms with Gasteiger partial charge in [-0.2, -0.15) is 13.2 Å². The van der Waals surface area contributed by atoms with Crippen LogP contribution in [0.15, 0.2) is 24.3 Å². The van der Waals surface area contributed by atoms with Crippen LogP contribution >= 0.6 is 0 Å². The van der Waals surface area contributed by atoms with Crippen molar-refractivity contribution < 1.29 is 27.5 Å². The second-order valence-electron chi connectivity index (χ2n) is 8.75. The number of alkyl carbamates (subject to hydrolysis) is 1. The molecule has 2 atom stereocenters. The Labute approximate surface area is 160 Å². The normalized spacial score (nSPS) is 36.4. The molecule has 4 aliphatic rings. The van der Waals surface area contributed by atoms with Gasteiger partial charge in [0.15, 0.2) is 0 Å². The fraction of sp³-hybridized carbons (Fsp3) is 0.600. The number of alkyl halides is 3. The molecule has 2 saturated heterocycles. The summed E-state index contributed by atoms with van der Waals surface area (Å²) in [4.78, 5) is 25.9. The van der Waals surface area contributed by atoms with E-state index in [0.717, 1.165) is 30.5 Å². The quantitative estimate of drug-likeness (QED) is 0.839. The number of hydrogen-bond donors (Lipinski definition) is 1. The summed E-state index contributed by atoms with van der Waals surface area (Å²) in [6.07, 6.45) is -1.80. The van der Waals surface area contributed by atoms with E-state index in [4.69, 9.17) is 4.74 Å². The lowest BCUT2D eigenvalue weighted by molar-refractivity contribution is -0.142. The molecule has 0 aromatic heterocycles. The molecule has 5 nitrogen and oxygen atoms in total. The number of hydrogen-bond acceptors (Lipinski definition) is 3. The highest BCUT2D eigenvalue weighted by atomic mass is 19.4. The molecular weight excluding hydrogens is 373 g/mol. The molecule has 2 aliphatic heterocycles. The van der Waals surface area contributed by atoms with Crippen molar-refractivity contribution in [1.82, 2.24) is 10.2 Å². The topological polar surface area (TPSA) is 58.6 Å². The van der Waals surface area contributed by atoms with Crippen molar-refractivity contribution in [1.29, 1.82) is 0 Å². The van der Waals surface area contributed by atoms with Gasteiger partial charge in [0.1, 0.15) is 6.61 Å². The maximum absolute atomic E-state index is 12.8. The maximum atomic E-state index is 12.8. The Morgan fingerprint density at radius 3 is 2.46 bits per heavy atom. The molecule has 2 saturated carbocycles. The second kappa shape index (κ2) is 5.64. The highest BCUT2D eigenvalue weighted by Crippen LogP contribution is 2.59. The van der Waals surface area contributed by atoms with Gasteiger partial charge in [-0.1, -0.05) is 12.1 Å². The van der Waals surface area contributed by atoms with Crippen LogP contribution in [-0.2, 0) is 21.1 Å². The van der Waals surface area contributed by atoms with Crippen LogP contribution in [0.25, 0.3) is 0 Å². The van der Waals surface area contributed by atoms with Crippen molar-refractivity contribution in [3.05, 3.63) is 35.4 Å². The molecule has 1 aromatic rings. The molecule has 2 amide bonds. The number of likely N-dealkylation sites (tertiary alicyclic amines) is 1. The van der Waals surface area contributed by atoms with Crippen molar-refractivity contribution in [2.75, 3.05) is 19.7 Å². The Bertz CT molecular complexity index is 832. The molecule has 1 aromatic carbocycles. The standard InChI is InChI=1S/C20H21F3N2O3/c21-20(22,23)14-3-1-13(2-4-14)19-5-6-25(10-15(19)9-19)16(26)12-7-18(8-12)11-28-17(27)24-18/h1-4,12,15H,5-11H2,(H,24,27)/t12?,15-,18?,19-/m0/s1. The molecule has 1 N–H and O–H groups in total. The first-order valence-corrected chi connectivity index (χ1v) is 9.62. The van der Waals surface area contributed by atoms with Gasteiger partial charge in [-0.05, 0) is 49.3 Å². The lowest BCUT2D eigenvalue weighted by Crippen LogP contribution is -2.58. The summed E-state index contributed by atoms with van der Waals surface area (Å²) < 4.78 is 43.3. The van der Waals surface area contributed by atoms with Gasteiger partial charge in [-0.3, -0.25) is 4.79 Å². The van der Waals surface area contributed by atoms with Gasteiger partial charge in [-0.25, -0.2) is 4.79 Å². The SMILES string of the molecule is O=C1NC2(CO1)CC(C(=O)N1CC[C@@]3(c4ccc(C(F)(F)F)cc4)C[C@H]3C1)C2. The first-order valence-electron chi connectivity index (χ1n) is 9.62. The molecule has 28 heavy (non-hydrogen) atoms. The third-order valence-electron chi connectivity index (χ3n) is 7.07. The predicted octanol–water partition coefficient (Wildman–Crippen LogP) is 3.08. The molecule has 1 spiro atoms. The number of nitrogens with one attached hydrogen (secondary N) is 1. The van der Waals surface area contributed by atoms with Gasteiger partial charge in [0.2, 0.25) is 5.91 Å². The summed E-state index contributed by atoms with van der Waals surface area (Å²) in [7, 11) is 0. The first-order chi connectivity index (χ1) is 13.2. The largest absolute Gasteiger partial charge is 0.447 e. The van der Waals surface area contributed by atoms with Crippen LogP contribution in [-0.4, -0.2) is 42.1 Å². The van der Waals surface area contributed by atoms with Crippen LogP contribution in [0.2, 0.25) is 0 Å². The number of nitrogens with zero attached hydrogens (tertiary/aromatic N) is 1. The van der Waals surface area contributed by atoms with E-state index in [2.05, 4.69) is 5.32 Å². The Hall–Kier alpha value is -2.25. The Morgan fingerprint density at radius 2 is 1.89 bits per heavy atom. The molecule has 4 fully saturated rings. The van der Waals surface area contributed by atoms with E-state index >= 15 is 0 Å². The molecule has 8 heteroatoms. The lowest BCUT2D eigenvalue weighted by Gasteiger charge is -2.44. The zero-order chi connectivity index (χ0) is 19.7. The second-order valence-corrected chi connectivity index (χ2v) is 8.75. The number of amides is 2. The Kier molecular flexibility index (Phi) is 3.59. The number of carbonyl (C=O) groups excluding carboxylic acids is 2. The number of piperidine rings is 1. The van der Waals surface area contributed by atoms with Gasteiger partial charge in [-0.15, -0.1) is 0 Å². The van der Waals surface area contributed by atoms with E-state index in [1.54, 1.807) is 12.1 Å². The van der Waals surface area contributed by atoms with Gasteiger partial charge in [0.05, 0.1) is 11.1 Å². The van der Waals surface area contributed by atoms with Crippen LogP contribution in [0.3, 0.4) is 0 Å². The summed E-state index contributed by atoms with van der Waals surface area (Å²) in [6.45, 7) is 1.62. The number of ether oxygens (including phenoxy) is 1. The molecule has 2 heterocycles. The van der Waals surface area contributed by atoms with Crippen molar-refractivity contribution in [3.8, 4) is 0 Å². The highest BCUT2D eigenvalue weighted by Gasteiger charge is 2.59. The van der Waals surface area contributed by atoms with Crippen LogP contribution in [0, 0.1) is 11.8 Å². The third-order valence-corrected chi connectivity index (χ3v) is 7.07. The summed E-state index contributed by atoms with van der Waals surface area (Å²) in [5, 5.41) is 2.80. The van der Waals surface area contributed by atoms with Crippen LogP contribution in [0.1, 0.15) is 36.8 Å². The van der Waals surface area contributed by atoms with Crippen LogP contribution < -0.4 is 5.32 Å². The Morgan fingerprint density at radius 1 is 1.18 bits per heavy atom. The summed E-state index contributed by atoms with van der Waals surface area (Å²) in [5.41, 5.74) is -0.114. The maximum Gasteiger partial charge on any atom is 0.416 e. The predicted molar refractivity (Wildman–Crippen MR) is 92.4 cm³/mol. The van der Waals surface area contributed by atoms with E-state index in [-0.39, 0.29) is 22.8 Å². The van der Waals surface area contributed by atoms with Gasteiger partial charge in [0.25, 0.3) is 0 Å². The number of halogens is 3. The molecular formula is C20H21F3N2O3. The van der Waals surface area contributed by atoms with E-state index in [1.165, 1.54) is 0 Å². The third kappa shape index (κ3) is 2.68. The lowest BCUT2D eigenvalue weighted by atomic mass is 9.68. The Balaban J connectivity index is 1.20. The fourth-order valence-electron chi connectivity index (χ4n) is 5.34. The first kappa shape index (κ1) is 17.8. The number of fused-ring (bicyclic) bond motifs is 1. The van der Waals surface area contributed by atoms with E-state index in [9.17, 15) is 22.8 Å². The van der Waals surface area contributed by atoms with E-state index in [1.807, 2.05) is 4.90 Å². The molecule has 0 bridgehead atoms. The van der Waals surface area contributed by atoms with Crippen LogP contribution in [0.5, 0.6) is 0 Å². The molecule has 5 rings (SSSR count). The number of carbonyl (C=O) groups is 2. The van der Waals surface area contributed by atoms with Gasteiger partial charge in [0, 0.05) is 24.4 Å². The molecule has 2 aliphatic carbocycles. The summed E-state index contributed by atoms with van der Waals surface area (Å²) in [6, 6.07) is 5.50. The summed E-state index contributed by atoms with van der Waals surface area (Å²) in [5.74, 6) is 0.351. The molecule has 150 valence electrons. The van der Waals surface area contributed by atoms with E-state index in [0.29, 0.717) is 38.5 Å². The minimum atomic E-state index is -4.32. The molecule has 0 radical (unpaired) electrons. The minimum Gasteiger partial charge on any atom is -0.447 e. The van der Waals surface area contributed by atoms with Crippen molar-refractivity contribution >= 4 is 12.0 Å². The smallest absolute Gasteiger partial charge is 0.416 e. The number of rotatable bonds is 2. The average molecular weight is 394 g/mol. The van der Waals surface area contributed by atoms with Crippen LogP contribution in [0.4, 0.5) is 18.0 Å². The van der Waals surface area contributed by atoms with Gasteiger partial charge < -0.3 is 15.0 Å². The van der Waals surface area contributed by atoms with Crippen molar-refractivity contribution in [3.63, 3.8) is 0 Å². The van der Waals surface area contributed by atoms with Crippen molar-refractivity contribution in [2.45, 2.75) is 42.8 Å². The van der Waals surface area contributed by atoms with Crippen molar-refractivity contribution in [2.24, 2.45) is 11.8 Å². The highest BCUT2D eigenvalue weighted by molar-refractivity contribution is 5.82. The number of benzene rings is 1. The zero-order valence-electron chi connectivity index (χ0n) is 15.2. The van der Waals surface area contributed by atoms with E-state index < -0.39 is 17.8 Å². The monoisotopic (exact) mass is 394 g/mol.